The van der Waals surface area contributed by atoms with Crippen molar-refractivity contribution in [3.05, 3.63) is 140 Å². The predicted molar refractivity (Wildman–Crippen MR) is 166 cm³/mol. The van der Waals surface area contributed by atoms with E-state index in [-0.39, 0.29) is 6.71 Å². The molecule has 0 aliphatic carbocycles. The molecular formula is C36H23BN2. The van der Waals surface area contributed by atoms with Crippen LogP contribution in [0, 0.1) is 0 Å². The van der Waals surface area contributed by atoms with Crippen LogP contribution in [0.4, 0.5) is 17.1 Å². The van der Waals surface area contributed by atoms with Gasteiger partial charge < -0.3 is 9.47 Å². The van der Waals surface area contributed by atoms with Gasteiger partial charge >= 0.3 is 0 Å². The van der Waals surface area contributed by atoms with E-state index in [0.717, 1.165) is 11.4 Å². The Labute approximate surface area is 227 Å². The molecule has 0 N–H and O–H groups in total. The third-order valence-electron chi connectivity index (χ3n) is 8.56. The van der Waals surface area contributed by atoms with Gasteiger partial charge in [-0.05, 0) is 64.5 Å². The summed E-state index contributed by atoms with van der Waals surface area (Å²) in [5, 5.41) is 2.64. The molecule has 3 heteroatoms. The molecule has 9 rings (SSSR count). The van der Waals surface area contributed by atoms with Crippen molar-refractivity contribution in [2.75, 3.05) is 4.90 Å². The van der Waals surface area contributed by atoms with Crippen LogP contribution in [0.2, 0.25) is 0 Å². The zero-order valence-electron chi connectivity index (χ0n) is 21.3. The molecule has 0 saturated carbocycles. The first-order chi connectivity index (χ1) is 19.4. The fraction of sp³-hybridized carbons (Fsp3) is 0. The molecule has 6 aromatic carbocycles. The Morgan fingerprint density at radius 1 is 0.487 bits per heavy atom. The second-order valence-corrected chi connectivity index (χ2v) is 10.5. The Hall–Kier alpha value is -5.02. The van der Waals surface area contributed by atoms with Gasteiger partial charge in [0.05, 0.1) is 5.52 Å². The summed E-state index contributed by atoms with van der Waals surface area (Å²) in [6.45, 7) is 0.239. The second kappa shape index (κ2) is 7.75. The number of rotatable bonds is 3. The van der Waals surface area contributed by atoms with E-state index >= 15 is 0 Å². The first-order valence-electron chi connectivity index (χ1n) is 13.6. The van der Waals surface area contributed by atoms with E-state index < -0.39 is 0 Å². The lowest BCUT2D eigenvalue weighted by atomic mass is 9.37. The minimum absolute atomic E-state index is 0.239. The zero-order chi connectivity index (χ0) is 25.5. The highest BCUT2D eigenvalue weighted by Gasteiger charge is 2.41. The van der Waals surface area contributed by atoms with Crippen molar-refractivity contribution in [2.24, 2.45) is 0 Å². The van der Waals surface area contributed by atoms with Crippen LogP contribution in [0.5, 0.6) is 0 Å². The standard InChI is InChI=1S/C36H23BN2/c1-3-12-24(13-4-1)38(25-14-5-2-6-15-25)26-22-30-27-16-7-9-19-31(27)37-32-20-11-18-29-28-17-8-10-21-33(28)39(36(29)32)34(23-26)35(30)37/h1-23H. The van der Waals surface area contributed by atoms with Gasteiger partial charge in [-0.2, -0.15) is 0 Å². The van der Waals surface area contributed by atoms with Crippen LogP contribution in [-0.2, 0) is 0 Å². The van der Waals surface area contributed by atoms with Gasteiger partial charge in [0.15, 0.2) is 0 Å². The first kappa shape index (κ1) is 21.0. The highest BCUT2D eigenvalue weighted by Crippen LogP contribution is 2.42. The minimum atomic E-state index is 0.239. The Bertz CT molecular complexity index is 2040. The van der Waals surface area contributed by atoms with Crippen LogP contribution in [0.25, 0.3) is 38.6 Å². The summed E-state index contributed by atoms with van der Waals surface area (Å²) in [6, 6.07) is 51.0. The Morgan fingerprint density at radius 2 is 1.13 bits per heavy atom. The van der Waals surface area contributed by atoms with E-state index in [1.807, 2.05) is 0 Å². The summed E-state index contributed by atoms with van der Waals surface area (Å²) in [5.74, 6) is 0. The zero-order valence-corrected chi connectivity index (χ0v) is 21.3. The molecule has 3 heterocycles. The van der Waals surface area contributed by atoms with Crippen molar-refractivity contribution in [3.8, 4) is 16.8 Å². The summed E-state index contributed by atoms with van der Waals surface area (Å²) >= 11 is 0. The fourth-order valence-corrected chi connectivity index (χ4v) is 7.07. The van der Waals surface area contributed by atoms with Crippen molar-refractivity contribution in [1.82, 2.24) is 4.57 Å². The Balaban J connectivity index is 1.44. The molecule has 0 spiro atoms. The van der Waals surface area contributed by atoms with Gasteiger partial charge in [-0.25, -0.2) is 0 Å². The number of aromatic nitrogens is 1. The van der Waals surface area contributed by atoms with E-state index in [1.54, 1.807) is 0 Å². The quantitative estimate of drug-likeness (QED) is 0.239. The van der Waals surface area contributed by atoms with E-state index in [1.165, 1.54) is 60.7 Å². The van der Waals surface area contributed by atoms with Crippen LogP contribution in [0.1, 0.15) is 0 Å². The van der Waals surface area contributed by atoms with Crippen molar-refractivity contribution in [1.29, 1.82) is 0 Å². The lowest BCUT2D eigenvalue weighted by molar-refractivity contribution is 1.18. The highest BCUT2D eigenvalue weighted by atomic mass is 15.1. The highest BCUT2D eigenvalue weighted by molar-refractivity contribution is 7.01. The van der Waals surface area contributed by atoms with Gasteiger partial charge in [0, 0.05) is 39.0 Å². The molecule has 2 aliphatic rings. The number of nitrogens with zero attached hydrogens (tertiary/aromatic N) is 2. The number of anilines is 3. The molecule has 0 atom stereocenters. The third kappa shape index (κ3) is 2.77. The molecule has 2 aliphatic heterocycles. The molecule has 39 heavy (non-hydrogen) atoms. The lowest BCUT2D eigenvalue weighted by Gasteiger charge is -2.29. The molecule has 0 bridgehead atoms. The maximum absolute atomic E-state index is 2.53. The number of fused-ring (bicyclic) bond motifs is 8. The SMILES string of the molecule is c1ccc(N(c2ccccc2)c2cc3c4c(c2)-n2c5ccccc5c5cccc(c52)B4c2ccccc2-3)cc1. The summed E-state index contributed by atoms with van der Waals surface area (Å²) in [6.07, 6.45) is 0. The van der Waals surface area contributed by atoms with Gasteiger partial charge in [0.2, 0.25) is 6.71 Å². The monoisotopic (exact) mass is 494 g/mol. The maximum atomic E-state index is 2.53. The van der Waals surface area contributed by atoms with E-state index in [9.17, 15) is 0 Å². The van der Waals surface area contributed by atoms with Gasteiger partial charge in [-0.3, -0.25) is 0 Å². The molecule has 0 unspecified atom stereocenters. The Kier molecular flexibility index (Phi) is 4.17. The van der Waals surface area contributed by atoms with Gasteiger partial charge in [0.1, 0.15) is 0 Å². The molecule has 0 fully saturated rings. The van der Waals surface area contributed by atoms with Crippen molar-refractivity contribution in [2.45, 2.75) is 0 Å². The van der Waals surface area contributed by atoms with Crippen LogP contribution < -0.4 is 21.3 Å². The second-order valence-electron chi connectivity index (χ2n) is 10.5. The smallest absolute Gasteiger partial charge is 0.248 e. The molecular weight excluding hydrogens is 471 g/mol. The van der Waals surface area contributed by atoms with Crippen molar-refractivity contribution < 1.29 is 0 Å². The number of hydrogen-bond donors (Lipinski definition) is 0. The van der Waals surface area contributed by atoms with Crippen LogP contribution in [0.3, 0.4) is 0 Å². The lowest BCUT2D eigenvalue weighted by Crippen LogP contribution is -2.53. The number of para-hydroxylation sites is 4. The summed E-state index contributed by atoms with van der Waals surface area (Å²) in [5.41, 5.74) is 14.2. The predicted octanol–water partition coefficient (Wildman–Crippen LogP) is 7.06. The van der Waals surface area contributed by atoms with Crippen molar-refractivity contribution >= 4 is 62.0 Å². The molecule has 0 saturated heterocycles. The molecule has 1 aromatic heterocycles. The normalized spacial score (nSPS) is 12.6. The molecule has 0 amide bonds. The number of hydrogen-bond acceptors (Lipinski definition) is 1. The summed E-state index contributed by atoms with van der Waals surface area (Å²) in [4.78, 5) is 2.39. The largest absolute Gasteiger partial charge is 0.310 e. The van der Waals surface area contributed by atoms with E-state index in [0.29, 0.717) is 0 Å². The molecule has 180 valence electrons. The van der Waals surface area contributed by atoms with Crippen LogP contribution in [0.15, 0.2) is 140 Å². The van der Waals surface area contributed by atoms with Crippen molar-refractivity contribution in [3.63, 3.8) is 0 Å². The third-order valence-corrected chi connectivity index (χ3v) is 8.56. The molecule has 7 aromatic rings. The maximum Gasteiger partial charge on any atom is 0.248 e. The Morgan fingerprint density at radius 3 is 1.92 bits per heavy atom. The number of benzene rings is 6. The van der Waals surface area contributed by atoms with Crippen LogP contribution >= 0.6 is 0 Å². The van der Waals surface area contributed by atoms with E-state index in [4.69, 9.17) is 0 Å². The summed E-state index contributed by atoms with van der Waals surface area (Å²) in [7, 11) is 0. The van der Waals surface area contributed by atoms with Gasteiger partial charge in [-0.15, -0.1) is 0 Å². The van der Waals surface area contributed by atoms with Gasteiger partial charge in [0.25, 0.3) is 0 Å². The average molecular weight is 494 g/mol. The van der Waals surface area contributed by atoms with E-state index in [2.05, 4.69) is 149 Å². The fourth-order valence-electron chi connectivity index (χ4n) is 7.07. The first-order valence-corrected chi connectivity index (χ1v) is 13.6. The molecule has 0 radical (unpaired) electrons. The van der Waals surface area contributed by atoms with Crippen LogP contribution in [-0.4, -0.2) is 11.3 Å². The average Bonchev–Trinajstić information content (AvgIpc) is 3.52. The minimum Gasteiger partial charge on any atom is -0.310 e. The molecule has 2 nitrogen and oxygen atoms in total. The van der Waals surface area contributed by atoms with Gasteiger partial charge in [-0.1, -0.05) is 103 Å². The topological polar surface area (TPSA) is 8.17 Å². The summed E-state index contributed by atoms with van der Waals surface area (Å²) < 4.78 is 2.53.